The van der Waals surface area contributed by atoms with Crippen LogP contribution in [0.2, 0.25) is 0 Å². The zero-order valence-corrected chi connectivity index (χ0v) is 19.5. The summed E-state index contributed by atoms with van der Waals surface area (Å²) in [4.78, 5) is 75.3. The molecule has 198 valence electrons. The molecule has 4 amide bonds. The monoisotopic (exact) mass is 502 g/mol. The zero-order chi connectivity index (χ0) is 27.3. The van der Waals surface area contributed by atoms with Crippen LogP contribution in [0.1, 0.15) is 39.5 Å². The molecule has 0 aliphatic heterocycles. The van der Waals surface area contributed by atoms with Gasteiger partial charge >= 0.3 is 11.9 Å². The van der Waals surface area contributed by atoms with Crippen LogP contribution in [0.15, 0.2) is 4.99 Å². The van der Waals surface area contributed by atoms with Gasteiger partial charge in [0.15, 0.2) is 5.96 Å². The lowest BCUT2D eigenvalue weighted by Gasteiger charge is -2.24. The van der Waals surface area contributed by atoms with Crippen LogP contribution in [0.4, 0.5) is 0 Å². The first-order chi connectivity index (χ1) is 16.1. The van der Waals surface area contributed by atoms with Crippen molar-refractivity contribution in [1.29, 1.82) is 0 Å². The average molecular weight is 503 g/mol. The number of guanidine groups is 1. The van der Waals surface area contributed by atoms with Crippen LogP contribution in [0, 0.1) is 5.92 Å². The third-order valence-electron chi connectivity index (χ3n) is 4.63. The summed E-state index contributed by atoms with van der Waals surface area (Å²) in [6, 6.07) is -5.74. The Balaban J connectivity index is 5.51. The van der Waals surface area contributed by atoms with Crippen molar-refractivity contribution >= 4 is 41.5 Å². The number of amides is 4. The number of carbonyl (C=O) groups excluding carboxylic acids is 4. The molecule has 0 aromatic carbocycles. The number of rotatable bonds is 16. The number of aliphatic imine (C=N–C) groups is 1. The van der Waals surface area contributed by atoms with Gasteiger partial charge in [-0.3, -0.25) is 29.0 Å². The molecule has 16 heteroatoms. The van der Waals surface area contributed by atoms with E-state index in [0.717, 1.165) is 0 Å². The number of aliphatic carboxylic acids is 2. The topological polar surface area (TPSA) is 295 Å². The molecule has 4 unspecified atom stereocenters. The summed E-state index contributed by atoms with van der Waals surface area (Å²) in [5.41, 5.74) is 21.2. The molecule has 0 aliphatic rings. The molecule has 0 aromatic rings. The number of hydrogen-bond donors (Lipinski definition) is 9. The second-order valence-corrected chi connectivity index (χ2v) is 8.01. The fourth-order valence-electron chi connectivity index (χ4n) is 2.67. The molecule has 0 bridgehead atoms. The van der Waals surface area contributed by atoms with Crippen LogP contribution in [0.3, 0.4) is 0 Å². The zero-order valence-electron chi connectivity index (χ0n) is 19.5. The maximum atomic E-state index is 12.7. The number of carbonyl (C=O) groups is 6. The number of hydrogen-bond acceptors (Lipinski definition) is 8. The summed E-state index contributed by atoms with van der Waals surface area (Å²) < 4.78 is 0. The van der Waals surface area contributed by atoms with E-state index >= 15 is 0 Å². The molecule has 0 fully saturated rings. The highest BCUT2D eigenvalue weighted by molar-refractivity contribution is 5.97. The van der Waals surface area contributed by atoms with Crippen molar-refractivity contribution in [3.63, 3.8) is 0 Å². The maximum absolute atomic E-state index is 12.7. The summed E-state index contributed by atoms with van der Waals surface area (Å²) in [5.74, 6) is -7.34. The SMILES string of the molecule is CC(C)C(N)C(=O)NC(CC(N)=O)C(=O)NC(CC(=O)O)C(=O)NC(CCCN=C(N)N)C(=O)O. The third kappa shape index (κ3) is 12.8. The van der Waals surface area contributed by atoms with E-state index in [0.29, 0.717) is 0 Å². The third-order valence-corrected chi connectivity index (χ3v) is 4.63. The minimum atomic E-state index is -1.73. The lowest BCUT2D eigenvalue weighted by molar-refractivity contribution is -0.144. The molecule has 13 N–H and O–H groups in total. The summed E-state index contributed by atoms with van der Waals surface area (Å²) in [7, 11) is 0. The lowest BCUT2D eigenvalue weighted by atomic mass is 10.0. The summed E-state index contributed by atoms with van der Waals surface area (Å²) in [6.07, 6.45) is -1.50. The molecule has 0 saturated carbocycles. The van der Waals surface area contributed by atoms with Crippen molar-refractivity contribution < 1.29 is 39.0 Å². The van der Waals surface area contributed by atoms with E-state index in [9.17, 15) is 33.9 Å². The Labute approximate surface area is 201 Å². The van der Waals surface area contributed by atoms with Gasteiger partial charge in [0, 0.05) is 6.54 Å². The van der Waals surface area contributed by atoms with Crippen LogP contribution >= 0.6 is 0 Å². The predicted molar refractivity (Wildman–Crippen MR) is 122 cm³/mol. The number of nitrogens with one attached hydrogen (secondary N) is 3. The average Bonchev–Trinajstić information content (AvgIpc) is 2.72. The number of nitrogens with two attached hydrogens (primary N) is 4. The highest BCUT2D eigenvalue weighted by Crippen LogP contribution is 2.04. The molecule has 0 heterocycles. The molecule has 35 heavy (non-hydrogen) atoms. The minimum absolute atomic E-state index is 0.0876. The van der Waals surface area contributed by atoms with E-state index in [1.54, 1.807) is 13.8 Å². The normalized spacial score (nSPS) is 14.1. The van der Waals surface area contributed by atoms with Gasteiger partial charge in [0.25, 0.3) is 0 Å². The van der Waals surface area contributed by atoms with Gasteiger partial charge in [-0.1, -0.05) is 13.8 Å². The predicted octanol–water partition coefficient (Wildman–Crippen LogP) is -4.09. The van der Waals surface area contributed by atoms with E-state index < -0.39 is 72.6 Å². The van der Waals surface area contributed by atoms with Crippen LogP contribution in [-0.4, -0.2) is 82.5 Å². The number of nitrogens with zero attached hydrogens (tertiary/aromatic N) is 1. The molecule has 0 saturated heterocycles. The first-order valence-electron chi connectivity index (χ1n) is 10.6. The number of carboxylic acids is 2. The van der Waals surface area contributed by atoms with Gasteiger partial charge in [-0.2, -0.15) is 0 Å². The largest absolute Gasteiger partial charge is 0.481 e. The van der Waals surface area contributed by atoms with Crippen molar-refractivity contribution in [3.8, 4) is 0 Å². The fourth-order valence-corrected chi connectivity index (χ4v) is 2.67. The Morgan fingerprint density at radius 2 is 1.29 bits per heavy atom. The van der Waals surface area contributed by atoms with Crippen LogP contribution in [0.5, 0.6) is 0 Å². The van der Waals surface area contributed by atoms with Gasteiger partial charge in [0.05, 0.1) is 18.9 Å². The molecular weight excluding hydrogens is 468 g/mol. The van der Waals surface area contributed by atoms with E-state index in [1.807, 2.05) is 0 Å². The lowest BCUT2D eigenvalue weighted by Crippen LogP contribution is -2.58. The Hall–Kier alpha value is -3.95. The summed E-state index contributed by atoms with van der Waals surface area (Å²) in [6.45, 7) is 3.39. The van der Waals surface area contributed by atoms with Crippen molar-refractivity contribution in [2.75, 3.05) is 6.54 Å². The van der Waals surface area contributed by atoms with Gasteiger partial charge in [0.2, 0.25) is 23.6 Å². The van der Waals surface area contributed by atoms with E-state index in [-0.39, 0.29) is 31.3 Å². The molecule has 0 aromatic heterocycles. The van der Waals surface area contributed by atoms with Crippen molar-refractivity contribution in [2.45, 2.75) is 63.7 Å². The fraction of sp³-hybridized carbons (Fsp3) is 0.632. The molecule has 0 rings (SSSR count). The second kappa shape index (κ2) is 15.0. The molecule has 4 atom stereocenters. The number of carboxylic acid groups (broad SMARTS) is 2. The molecule has 0 radical (unpaired) electrons. The highest BCUT2D eigenvalue weighted by atomic mass is 16.4. The molecule has 0 spiro atoms. The second-order valence-electron chi connectivity index (χ2n) is 8.01. The van der Waals surface area contributed by atoms with E-state index in [2.05, 4.69) is 20.9 Å². The first kappa shape index (κ1) is 31.0. The number of primary amides is 1. The standard InChI is InChI=1S/C19H34N8O8/c1-8(2)14(21)17(33)27-10(6-12(20)28)15(31)26-11(7-13(29)30)16(32)25-9(18(34)35)4-3-5-24-19(22)23/h8-11,14H,3-7,21H2,1-2H3,(H2,20,28)(H,25,32)(H,26,31)(H,27,33)(H,29,30)(H,34,35)(H4,22,23,24). The highest BCUT2D eigenvalue weighted by Gasteiger charge is 2.32. The van der Waals surface area contributed by atoms with Crippen LogP contribution in [-0.2, 0) is 28.8 Å². The Kier molecular flexibility index (Phi) is 13.4. The van der Waals surface area contributed by atoms with Crippen molar-refractivity contribution in [2.24, 2.45) is 33.8 Å². The van der Waals surface area contributed by atoms with Gasteiger partial charge in [-0.25, -0.2) is 4.79 Å². The van der Waals surface area contributed by atoms with Gasteiger partial charge in [0.1, 0.15) is 18.1 Å². The van der Waals surface area contributed by atoms with Crippen LogP contribution < -0.4 is 38.9 Å². The molecule has 0 aliphatic carbocycles. The maximum Gasteiger partial charge on any atom is 0.326 e. The minimum Gasteiger partial charge on any atom is -0.481 e. The first-order valence-corrected chi connectivity index (χ1v) is 10.6. The smallest absolute Gasteiger partial charge is 0.326 e. The van der Waals surface area contributed by atoms with Gasteiger partial charge in [-0.05, 0) is 18.8 Å². The Morgan fingerprint density at radius 1 is 0.800 bits per heavy atom. The van der Waals surface area contributed by atoms with Crippen molar-refractivity contribution in [1.82, 2.24) is 16.0 Å². The van der Waals surface area contributed by atoms with E-state index in [4.69, 9.17) is 28.0 Å². The summed E-state index contributed by atoms with van der Waals surface area (Å²) >= 11 is 0. The van der Waals surface area contributed by atoms with Gasteiger partial charge in [-0.15, -0.1) is 0 Å². The van der Waals surface area contributed by atoms with Crippen molar-refractivity contribution in [3.05, 3.63) is 0 Å². The Morgan fingerprint density at radius 3 is 1.71 bits per heavy atom. The van der Waals surface area contributed by atoms with Gasteiger partial charge < -0.3 is 49.1 Å². The molecule has 16 nitrogen and oxygen atoms in total. The Bertz CT molecular complexity index is 828. The quantitative estimate of drug-likeness (QED) is 0.0555. The molecular formula is C19H34N8O8. The van der Waals surface area contributed by atoms with E-state index in [1.165, 1.54) is 0 Å². The van der Waals surface area contributed by atoms with Crippen LogP contribution in [0.25, 0.3) is 0 Å². The summed E-state index contributed by atoms with van der Waals surface area (Å²) in [5, 5.41) is 25.0.